The van der Waals surface area contributed by atoms with Gasteiger partial charge >= 0.3 is 0 Å². The van der Waals surface area contributed by atoms with Crippen LogP contribution in [0, 0.1) is 0 Å². The van der Waals surface area contributed by atoms with Gasteiger partial charge in [-0.3, -0.25) is 4.79 Å². The van der Waals surface area contributed by atoms with E-state index in [2.05, 4.69) is 22.5 Å². The SMILES string of the molecule is CCN(C)CCNC(=O)c1cc(Cl)ccc1NC. The van der Waals surface area contributed by atoms with Crippen LogP contribution in [0.5, 0.6) is 0 Å². The lowest BCUT2D eigenvalue weighted by Gasteiger charge is -2.15. The van der Waals surface area contributed by atoms with Gasteiger partial charge in [0.1, 0.15) is 0 Å². The number of hydrogen-bond donors (Lipinski definition) is 2. The van der Waals surface area contributed by atoms with E-state index in [4.69, 9.17) is 11.6 Å². The number of halogens is 1. The Morgan fingerprint density at radius 2 is 2.17 bits per heavy atom. The third kappa shape index (κ3) is 4.20. The molecule has 0 atom stereocenters. The first-order chi connectivity index (χ1) is 8.58. The number of amides is 1. The van der Waals surface area contributed by atoms with E-state index in [0.29, 0.717) is 17.1 Å². The molecular weight excluding hydrogens is 250 g/mol. The highest BCUT2D eigenvalue weighted by Crippen LogP contribution is 2.19. The molecule has 0 aliphatic heterocycles. The Morgan fingerprint density at radius 3 is 2.78 bits per heavy atom. The molecule has 0 fully saturated rings. The van der Waals surface area contributed by atoms with Crippen molar-refractivity contribution in [3.8, 4) is 0 Å². The molecule has 1 rings (SSSR count). The molecule has 2 N–H and O–H groups in total. The van der Waals surface area contributed by atoms with E-state index >= 15 is 0 Å². The van der Waals surface area contributed by atoms with Crippen LogP contribution in [0.25, 0.3) is 0 Å². The van der Waals surface area contributed by atoms with Crippen LogP contribution in [-0.4, -0.2) is 44.5 Å². The molecule has 4 nitrogen and oxygen atoms in total. The standard InChI is InChI=1S/C13H20ClN3O/c1-4-17(3)8-7-16-13(18)11-9-10(14)5-6-12(11)15-2/h5-6,9,15H,4,7-8H2,1-3H3,(H,16,18). The molecular formula is C13H20ClN3O. The highest BCUT2D eigenvalue weighted by Gasteiger charge is 2.10. The molecule has 0 bridgehead atoms. The lowest BCUT2D eigenvalue weighted by molar-refractivity contribution is 0.0951. The highest BCUT2D eigenvalue weighted by atomic mass is 35.5. The van der Waals surface area contributed by atoms with Gasteiger partial charge in [-0.2, -0.15) is 0 Å². The van der Waals surface area contributed by atoms with Crippen LogP contribution >= 0.6 is 11.6 Å². The predicted molar refractivity (Wildman–Crippen MR) is 76.5 cm³/mol. The summed E-state index contributed by atoms with van der Waals surface area (Å²) in [6.45, 7) is 4.50. The maximum absolute atomic E-state index is 12.0. The van der Waals surface area contributed by atoms with Crippen LogP contribution in [0.2, 0.25) is 5.02 Å². The van der Waals surface area contributed by atoms with E-state index in [1.807, 2.05) is 7.05 Å². The summed E-state index contributed by atoms with van der Waals surface area (Å²) in [6, 6.07) is 5.23. The first kappa shape index (κ1) is 14.8. The molecule has 0 radical (unpaired) electrons. The molecule has 0 heterocycles. The molecule has 18 heavy (non-hydrogen) atoms. The van der Waals surface area contributed by atoms with Gasteiger partial charge in [0.15, 0.2) is 0 Å². The number of rotatable bonds is 6. The average Bonchev–Trinajstić information content (AvgIpc) is 2.38. The summed E-state index contributed by atoms with van der Waals surface area (Å²) in [5, 5.41) is 6.43. The highest BCUT2D eigenvalue weighted by molar-refractivity contribution is 6.31. The van der Waals surface area contributed by atoms with Crippen molar-refractivity contribution in [2.24, 2.45) is 0 Å². The number of carbonyl (C=O) groups excluding carboxylic acids is 1. The number of nitrogens with one attached hydrogen (secondary N) is 2. The first-order valence-electron chi connectivity index (χ1n) is 6.02. The number of hydrogen-bond acceptors (Lipinski definition) is 3. The van der Waals surface area contributed by atoms with Crippen LogP contribution in [0.4, 0.5) is 5.69 Å². The van der Waals surface area contributed by atoms with E-state index in [1.54, 1.807) is 25.2 Å². The summed E-state index contributed by atoms with van der Waals surface area (Å²) in [5.74, 6) is -0.105. The lowest BCUT2D eigenvalue weighted by atomic mass is 10.1. The number of nitrogens with zero attached hydrogens (tertiary/aromatic N) is 1. The van der Waals surface area contributed by atoms with Crippen molar-refractivity contribution in [2.45, 2.75) is 6.92 Å². The lowest BCUT2D eigenvalue weighted by Crippen LogP contribution is -2.33. The Labute approximate surface area is 113 Å². The summed E-state index contributed by atoms with van der Waals surface area (Å²) in [6.07, 6.45) is 0. The zero-order valence-corrected chi connectivity index (χ0v) is 11.8. The van der Waals surface area contributed by atoms with E-state index in [0.717, 1.165) is 18.8 Å². The second-order valence-corrected chi connectivity index (χ2v) is 4.53. The molecule has 0 spiro atoms. The molecule has 1 aromatic rings. The Balaban J connectivity index is 2.63. The van der Waals surface area contributed by atoms with Gasteiger partial charge < -0.3 is 15.5 Å². The second-order valence-electron chi connectivity index (χ2n) is 4.09. The number of likely N-dealkylation sites (N-methyl/N-ethyl adjacent to an activating group) is 1. The third-order valence-electron chi connectivity index (χ3n) is 2.81. The second kappa shape index (κ2) is 7.24. The smallest absolute Gasteiger partial charge is 0.253 e. The monoisotopic (exact) mass is 269 g/mol. The summed E-state index contributed by atoms with van der Waals surface area (Å²) >= 11 is 5.91. The van der Waals surface area contributed by atoms with Crippen LogP contribution in [0.15, 0.2) is 18.2 Å². The largest absolute Gasteiger partial charge is 0.387 e. The fraction of sp³-hybridized carbons (Fsp3) is 0.462. The van der Waals surface area contributed by atoms with Crippen LogP contribution in [0.1, 0.15) is 17.3 Å². The predicted octanol–water partition coefficient (Wildman–Crippen LogP) is 2.06. The molecule has 0 saturated heterocycles. The molecule has 100 valence electrons. The van der Waals surface area contributed by atoms with E-state index < -0.39 is 0 Å². The van der Waals surface area contributed by atoms with E-state index in [1.165, 1.54) is 0 Å². The minimum absolute atomic E-state index is 0.105. The maximum atomic E-state index is 12.0. The van der Waals surface area contributed by atoms with Crippen molar-refractivity contribution in [3.05, 3.63) is 28.8 Å². The van der Waals surface area contributed by atoms with Crippen molar-refractivity contribution in [1.29, 1.82) is 0 Å². The number of carbonyl (C=O) groups is 1. The summed E-state index contributed by atoms with van der Waals surface area (Å²) in [4.78, 5) is 14.2. The Hall–Kier alpha value is -1.26. The fourth-order valence-electron chi connectivity index (χ4n) is 1.54. The molecule has 0 aromatic heterocycles. The molecule has 1 aromatic carbocycles. The zero-order valence-electron chi connectivity index (χ0n) is 11.1. The van der Waals surface area contributed by atoms with Crippen molar-refractivity contribution >= 4 is 23.2 Å². The van der Waals surface area contributed by atoms with Gasteiger partial charge in [-0.1, -0.05) is 18.5 Å². The van der Waals surface area contributed by atoms with Crippen LogP contribution in [0.3, 0.4) is 0 Å². The van der Waals surface area contributed by atoms with E-state index in [-0.39, 0.29) is 5.91 Å². The molecule has 0 aliphatic rings. The number of anilines is 1. The summed E-state index contributed by atoms with van der Waals surface area (Å²) in [7, 11) is 3.80. The van der Waals surface area contributed by atoms with Crippen molar-refractivity contribution in [2.75, 3.05) is 39.0 Å². The minimum Gasteiger partial charge on any atom is -0.387 e. The minimum atomic E-state index is -0.105. The maximum Gasteiger partial charge on any atom is 0.253 e. The third-order valence-corrected chi connectivity index (χ3v) is 3.05. The fourth-order valence-corrected chi connectivity index (χ4v) is 1.71. The normalized spacial score (nSPS) is 10.5. The Kier molecular flexibility index (Phi) is 5.95. The van der Waals surface area contributed by atoms with Crippen molar-refractivity contribution in [1.82, 2.24) is 10.2 Å². The molecule has 5 heteroatoms. The Bertz CT molecular complexity index is 409. The molecule has 0 unspecified atom stereocenters. The van der Waals surface area contributed by atoms with Gasteiger partial charge in [-0.15, -0.1) is 0 Å². The van der Waals surface area contributed by atoms with Crippen molar-refractivity contribution < 1.29 is 4.79 Å². The first-order valence-corrected chi connectivity index (χ1v) is 6.40. The molecule has 0 saturated carbocycles. The van der Waals surface area contributed by atoms with Gasteiger partial charge in [0, 0.05) is 30.8 Å². The van der Waals surface area contributed by atoms with Gasteiger partial charge in [0.25, 0.3) is 5.91 Å². The number of benzene rings is 1. The molecule has 0 aliphatic carbocycles. The van der Waals surface area contributed by atoms with Gasteiger partial charge in [-0.05, 0) is 31.8 Å². The van der Waals surface area contributed by atoms with Crippen LogP contribution in [-0.2, 0) is 0 Å². The van der Waals surface area contributed by atoms with Gasteiger partial charge in [0.2, 0.25) is 0 Å². The quantitative estimate of drug-likeness (QED) is 0.831. The van der Waals surface area contributed by atoms with E-state index in [9.17, 15) is 4.79 Å². The zero-order chi connectivity index (χ0) is 13.5. The topological polar surface area (TPSA) is 44.4 Å². The Morgan fingerprint density at radius 1 is 1.44 bits per heavy atom. The molecule has 1 amide bonds. The van der Waals surface area contributed by atoms with Crippen LogP contribution < -0.4 is 10.6 Å². The van der Waals surface area contributed by atoms with Gasteiger partial charge in [-0.25, -0.2) is 0 Å². The average molecular weight is 270 g/mol. The summed E-state index contributed by atoms with van der Waals surface area (Å²) in [5.41, 5.74) is 1.35. The summed E-state index contributed by atoms with van der Waals surface area (Å²) < 4.78 is 0. The van der Waals surface area contributed by atoms with Crippen molar-refractivity contribution in [3.63, 3.8) is 0 Å². The van der Waals surface area contributed by atoms with Gasteiger partial charge in [0.05, 0.1) is 5.56 Å².